The van der Waals surface area contributed by atoms with Gasteiger partial charge in [0.05, 0.1) is 0 Å². The van der Waals surface area contributed by atoms with E-state index in [1.165, 1.54) is 44.9 Å². The lowest BCUT2D eigenvalue weighted by atomic mass is 9.75. The van der Waals surface area contributed by atoms with Gasteiger partial charge in [-0.1, -0.05) is 26.2 Å². The van der Waals surface area contributed by atoms with Gasteiger partial charge in [0.2, 0.25) is 0 Å². The molecule has 1 heteroatoms. The molecule has 0 amide bonds. The van der Waals surface area contributed by atoms with E-state index in [-0.39, 0.29) is 0 Å². The third kappa shape index (κ3) is 2.31. The molecule has 2 rings (SSSR count). The van der Waals surface area contributed by atoms with Crippen molar-refractivity contribution in [3.63, 3.8) is 0 Å². The highest BCUT2D eigenvalue weighted by Gasteiger charge is 2.37. The number of nitrogens with one attached hydrogen (secondary N) is 1. The molecule has 0 saturated heterocycles. The highest BCUT2D eigenvalue weighted by Crippen LogP contribution is 2.41. The molecule has 3 unspecified atom stereocenters. The normalized spacial score (nSPS) is 35.6. The molecule has 82 valence electrons. The Labute approximate surface area is 88.7 Å². The first-order chi connectivity index (χ1) is 6.85. The van der Waals surface area contributed by atoms with Gasteiger partial charge in [0.15, 0.2) is 0 Å². The van der Waals surface area contributed by atoms with Gasteiger partial charge in [0.1, 0.15) is 0 Å². The summed E-state index contributed by atoms with van der Waals surface area (Å²) in [6.45, 7) is 2.36. The standard InChI is InChI=1S/C13H25N/c1-3-10-5-4-6-12(9-10)13(14-2)11-7-8-11/h10-14H,3-9H2,1-2H3. The van der Waals surface area contributed by atoms with Gasteiger partial charge < -0.3 is 5.32 Å². The molecule has 0 aromatic heterocycles. The van der Waals surface area contributed by atoms with Crippen LogP contribution in [0, 0.1) is 17.8 Å². The van der Waals surface area contributed by atoms with E-state index in [0.29, 0.717) is 0 Å². The number of rotatable bonds is 4. The minimum absolute atomic E-state index is 0.851. The van der Waals surface area contributed by atoms with E-state index in [1.54, 1.807) is 0 Å². The molecular weight excluding hydrogens is 170 g/mol. The van der Waals surface area contributed by atoms with Gasteiger partial charge in [-0.05, 0) is 50.5 Å². The third-order valence-corrected chi connectivity index (χ3v) is 4.37. The SMILES string of the molecule is CCC1CCCC(C(NC)C2CC2)C1. The Hall–Kier alpha value is -0.0400. The highest BCUT2D eigenvalue weighted by atomic mass is 14.9. The average molecular weight is 195 g/mol. The third-order valence-electron chi connectivity index (χ3n) is 4.37. The summed E-state index contributed by atoms with van der Waals surface area (Å²) in [4.78, 5) is 0. The van der Waals surface area contributed by atoms with Crippen LogP contribution in [0.3, 0.4) is 0 Å². The zero-order chi connectivity index (χ0) is 9.97. The topological polar surface area (TPSA) is 12.0 Å². The molecule has 2 aliphatic carbocycles. The van der Waals surface area contributed by atoms with E-state index in [4.69, 9.17) is 0 Å². The van der Waals surface area contributed by atoms with E-state index in [2.05, 4.69) is 19.3 Å². The summed E-state index contributed by atoms with van der Waals surface area (Å²) >= 11 is 0. The van der Waals surface area contributed by atoms with Crippen LogP contribution in [-0.2, 0) is 0 Å². The Morgan fingerprint density at radius 1 is 1.14 bits per heavy atom. The van der Waals surface area contributed by atoms with E-state index < -0.39 is 0 Å². The van der Waals surface area contributed by atoms with E-state index in [9.17, 15) is 0 Å². The first kappa shape index (κ1) is 10.5. The predicted octanol–water partition coefficient (Wildman–Crippen LogP) is 3.20. The maximum atomic E-state index is 3.58. The zero-order valence-electron chi connectivity index (χ0n) is 9.76. The molecular formula is C13H25N. The average Bonchev–Trinajstić information content (AvgIpc) is 3.04. The van der Waals surface area contributed by atoms with Gasteiger partial charge in [0.25, 0.3) is 0 Å². The van der Waals surface area contributed by atoms with E-state index in [1.807, 2.05) is 0 Å². The van der Waals surface area contributed by atoms with Crippen molar-refractivity contribution in [1.29, 1.82) is 0 Å². The molecule has 0 aromatic rings. The van der Waals surface area contributed by atoms with Crippen molar-refractivity contribution in [2.24, 2.45) is 17.8 Å². The van der Waals surface area contributed by atoms with Crippen LogP contribution in [0.15, 0.2) is 0 Å². The molecule has 0 heterocycles. The van der Waals surface area contributed by atoms with Gasteiger partial charge >= 0.3 is 0 Å². The second-order valence-electron chi connectivity index (χ2n) is 5.35. The van der Waals surface area contributed by atoms with Gasteiger partial charge in [-0.3, -0.25) is 0 Å². The lowest BCUT2D eigenvalue weighted by Gasteiger charge is -2.34. The van der Waals surface area contributed by atoms with Crippen molar-refractivity contribution < 1.29 is 0 Å². The molecule has 1 nitrogen and oxygen atoms in total. The maximum Gasteiger partial charge on any atom is 0.0121 e. The Bertz CT molecular complexity index is 174. The molecule has 0 radical (unpaired) electrons. The highest BCUT2D eigenvalue weighted by molar-refractivity contribution is 4.92. The Kier molecular flexibility index (Phi) is 3.48. The van der Waals surface area contributed by atoms with Crippen molar-refractivity contribution in [1.82, 2.24) is 5.32 Å². The lowest BCUT2D eigenvalue weighted by molar-refractivity contribution is 0.200. The maximum absolute atomic E-state index is 3.58. The van der Waals surface area contributed by atoms with Crippen molar-refractivity contribution in [2.45, 2.75) is 57.9 Å². The number of hydrogen-bond donors (Lipinski definition) is 1. The molecule has 0 spiro atoms. The lowest BCUT2D eigenvalue weighted by Crippen LogP contribution is -2.38. The minimum Gasteiger partial charge on any atom is -0.316 e. The van der Waals surface area contributed by atoms with Crippen LogP contribution in [0.2, 0.25) is 0 Å². The van der Waals surface area contributed by atoms with Gasteiger partial charge in [-0.2, -0.15) is 0 Å². The van der Waals surface area contributed by atoms with E-state index in [0.717, 1.165) is 23.8 Å². The first-order valence-electron chi connectivity index (χ1n) is 6.52. The Morgan fingerprint density at radius 2 is 1.93 bits per heavy atom. The molecule has 0 aromatic carbocycles. The Morgan fingerprint density at radius 3 is 2.50 bits per heavy atom. The molecule has 2 saturated carbocycles. The van der Waals surface area contributed by atoms with Crippen LogP contribution in [0.1, 0.15) is 51.9 Å². The van der Waals surface area contributed by atoms with Crippen molar-refractivity contribution >= 4 is 0 Å². The van der Waals surface area contributed by atoms with Crippen molar-refractivity contribution in [3.8, 4) is 0 Å². The van der Waals surface area contributed by atoms with Crippen LogP contribution in [-0.4, -0.2) is 13.1 Å². The molecule has 2 fully saturated rings. The summed E-state index contributed by atoms with van der Waals surface area (Å²) in [5.74, 6) is 3.05. The predicted molar refractivity (Wildman–Crippen MR) is 61.3 cm³/mol. The fraction of sp³-hybridized carbons (Fsp3) is 1.00. The molecule has 3 atom stereocenters. The largest absolute Gasteiger partial charge is 0.316 e. The summed E-state index contributed by atoms with van der Waals surface area (Å²) in [7, 11) is 2.17. The van der Waals surface area contributed by atoms with Crippen molar-refractivity contribution in [3.05, 3.63) is 0 Å². The molecule has 2 aliphatic rings. The van der Waals surface area contributed by atoms with Crippen LogP contribution in [0.25, 0.3) is 0 Å². The molecule has 0 bridgehead atoms. The number of hydrogen-bond acceptors (Lipinski definition) is 1. The fourth-order valence-corrected chi connectivity index (χ4v) is 3.34. The summed E-state index contributed by atoms with van der Waals surface area (Å²) in [5, 5.41) is 3.58. The monoisotopic (exact) mass is 195 g/mol. The van der Waals surface area contributed by atoms with Crippen molar-refractivity contribution in [2.75, 3.05) is 7.05 Å². The van der Waals surface area contributed by atoms with Crippen LogP contribution < -0.4 is 5.32 Å². The van der Waals surface area contributed by atoms with Gasteiger partial charge in [-0.25, -0.2) is 0 Å². The molecule has 1 N–H and O–H groups in total. The summed E-state index contributed by atoms with van der Waals surface area (Å²) in [5.41, 5.74) is 0. The second kappa shape index (κ2) is 4.65. The molecule has 0 aliphatic heterocycles. The van der Waals surface area contributed by atoms with Gasteiger partial charge in [-0.15, -0.1) is 0 Å². The van der Waals surface area contributed by atoms with Crippen LogP contribution >= 0.6 is 0 Å². The quantitative estimate of drug-likeness (QED) is 0.726. The second-order valence-corrected chi connectivity index (χ2v) is 5.35. The summed E-state index contributed by atoms with van der Waals surface area (Å²) in [6, 6.07) is 0.851. The van der Waals surface area contributed by atoms with Crippen LogP contribution in [0.4, 0.5) is 0 Å². The van der Waals surface area contributed by atoms with Gasteiger partial charge in [0, 0.05) is 6.04 Å². The summed E-state index contributed by atoms with van der Waals surface area (Å²) in [6.07, 6.45) is 10.3. The van der Waals surface area contributed by atoms with E-state index >= 15 is 0 Å². The fourth-order valence-electron chi connectivity index (χ4n) is 3.34. The smallest absolute Gasteiger partial charge is 0.0121 e. The summed E-state index contributed by atoms with van der Waals surface area (Å²) < 4.78 is 0. The zero-order valence-corrected chi connectivity index (χ0v) is 9.76. The Balaban J connectivity index is 1.87. The first-order valence-corrected chi connectivity index (χ1v) is 6.52. The molecule has 14 heavy (non-hydrogen) atoms. The van der Waals surface area contributed by atoms with Crippen LogP contribution in [0.5, 0.6) is 0 Å². The minimum atomic E-state index is 0.851.